The zero-order valence-corrected chi connectivity index (χ0v) is 28.1. The first kappa shape index (κ1) is 28.4. The Morgan fingerprint density at radius 1 is 0.489 bits per heavy atom. The average Bonchev–Trinajstić information content (AvgIpc) is 3.61. The normalized spacial score (nSPS) is 17.6. The first-order chi connectivity index (χ1) is 21.8. The predicted octanol–water partition coefficient (Wildman–Crippen LogP) is 12.2. The molecule has 0 radical (unpaired) electrons. The molecule has 0 amide bonds. The summed E-state index contributed by atoms with van der Waals surface area (Å²) in [4.78, 5) is 0. The van der Waals surface area contributed by atoms with Gasteiger partial charge in [-0.15, -0.1) is 0 Å². The summed E-state index contributed by atoms with van der Waals surface area (Å²) in [7, 11) is 0. The van der Waals surface area contributed by atoms with Gasteiger partial charge in [0.05, 0.1) is 0 Å². The topological polar surface area (TPSA) is 0 Å². The number of benzene rings is 6. The van der Waals surface area contributed by atoms with E-state index in [2.05, 4.69) is 84.9 Å². The van der Waals surface area contributed by atoms with Crippen LogP contribution >= 0.6 is 0 Å². The second-order valence-corrected chi connectivity index (χ2v) is 23.1. The fraction of sp³-hybridized carbons (Fsp3) is 0.119. The van der Waals surface area contributed by atoms with Gasteiger partial charge in [0, 0.05) is 0 Å². The number of halogens is 2. The van der Waals surface area contributed by atoms with Crippen molar-refractivity contribution in [2.75, 3.05) is 0 Å². The summed E-state index contributed by atoms with van der Waals surface area (Å²) in [6.07, 6.45) is 4.10. The standard InChI is InChI=1S/2C20H15.C2H4.2FH.Zr/c2*1-14-12-16-8-5-11-19(20(16)13-14)18-10-4-7-15-6-2-3-9-17(15)18;1-2;;;/h2*2-13H,1H3;1H,2H3;2*1H;/q;;;;;+2/p-2. The molecule has 45 heavy (non-hydrogen) atoms. The summed E-state index contributed by atoms with van der Waals surface area (Å²) in [6, 6.07) is 41.3. The van der Waals surface area contributed by atoms with Crippen LogP contribution in [-0.2, 0) is 19.5 Å². The van der Waals surface area contributed by atoms with Gasteiger partial charge in [-0.1, -0.05) is 0 Å². The zero-order chi connectivity index (χ0) is 30.9. The van der Waals surface area contributed by atoms with Gasteiger partial charge in [0.2, 0.25) is 0 Å². The second kappa shape index (κ2) is 10.2. The van der Waals surface area contributed by atoms with Crippen LogP contribution in [-0.4, -0.2) is 3.71 Å². The van der Waals surface area contributed by atoms with E-state index in [0.29, 0.717) is 0 Å². The monoisotopic (exact) mass is 666 g/mol. The van der Waals surface area contributed by atoms with Crippen molar-refractivity contribution in [2.24, 2.45) is 0 Å². The number of fused-ring (bicyclic) bond motifs is 4. The van der Waals surface area contributed by atoms with E-state index in [-0.39, 0.29) is 0 Å². The van der Waals surface area contributed by atoms with Crippen LogP contribution in [0.1, 0.15) is 50.3 Å². The fourth-order valence-electron chi connectivity index (χ4n) is 8.46. The van der Waals surface area contributed by atoms with Gasteiger partial charge in [0.15, 0.2) is 0 Å². The summed E-state index contributed by atoms with van der Waals surface area (Å²) >= 11 is -6.84. The Labute approximate surface area is 265 Å². The number of hydrogen-bond acceptors (Lipinski definition) is 0. The van der Waals surface area contributed by atoms with E-state index in [1.807, 2.05) is 62.4 Å². The first-order valence-electron chi connectivity index (χ1n) is 15.8. The Balaban J connectivity index is 1.31. The average molecular weight is 668 g/mol. The molecule has 2 aliphatic carbocycles. The maximum atomic E-state index is 18.5. The minimum atomic E-state index is -6.84. The predicted molar refractivity (Wildman–Crippen MR) is 186 cm³/mol. The summed E-state index contributed by atoms with van der Waals surface area (Å²) in [5, 5.41) is 4.57. The van der Waals surface area contributed by atoms with Crippen LogP contribution in [0.3, 0.4) is 0 Å². The van der Waals surface area contributed by atoms with Gasteiger partial charge in [0.25, 0.3) is 0 Å². The molecule has 0 aromatic heterocycles. The van der Waals surface area contributed by atoms with E-state index in [9.17, 15) is 0 Å². The third kappa shape index (κ3) is 4.13. The maximum absolute atomic E-state index is 18.5. The van der Waals surface area contributed by atoms with Gasteiger partial charge in [-0.05, 0) is 0 Å². The Bertz CT molecular complexity index is 2160. The molecule has 0 N–H and O–H groups in total. The van der Waals surface area contributed by atoms with Crippen molar-refractivity contribution in [3.05, 3.63) is 155 Å². The molecule has 0 heterocycles. The van der Waals surface area contributed by atoms with Crippen molar-refractivity contribution in [1.29, 1.82) is 0 Å². The van der Waals surface area contributed by atoms with E-state index < -0.39 is 26.8 Å². The molecule has 0 fully saturated rings. The van der Waals surface area contributed by atoms with E-state index >= 15 is 5.25 Å². The summed E-state index contributed by atoms with van der Waals surface area (Å²) < 4.78 is 36.5. The number of rotatable bonds is 4. The molecule has 0 spiro atoms. The van der Waals surface area contributed by atoms with Crippen LogP contribution in [0.15, 0.2) is 132 Å². The molecule has 2 atom stereocenters. The summed E-state index contributed by atoms with van der Waals surface area (Å²) in [5.41, 5.74) is 9.21. The molecule has 6 aromatic carbocycles. The van der Waals surface area contributed by atoms with Gasteiger partial charge >= 0.3 is 267 Å². The molecule has 0 saturated heterocycles. The number of hydrogen-bond donors (Lipinski definition) is 0. The number of allylic oxidation sites excluding steroid dienone is 2. The van der Waals surface area contributed by atoms with Crippen LogP contribution in [0, 0.1) is 0 Å². The molecule has 0 bridgehead atoms. The van der Waals surface area contributed by atoms with E-state index in [0.717, 1.165) is 77.2 Å². The molecular weight excluding hydrogens is 634 g/mol. The van der Waals surface area contributed by atoms with Crippen LogP contribution < -0.4 is 0 Å². The Morgan fingerprint density at radius 3 is 1.31 bits per heavy atom. The molecule has 8 rings (SSSR count). The van der Waals surface area contributed by atoms with E-state index in [1.165, 1.54) is 3.71 Å². The molecular formula is C42H34F2Zr. The second-order valence-electron chi connectivity index (χ2n) is 12.8. The van der Waals surface area contributed by atoms with Crippen molar-refractivity contribution < 1.29 is 24.8 Å². The Hall–Kier alpha value is -4.07. The van der Waals surface area contributed by atoms with E-state index in [4.69, 9.17) is 0 Å². The van der Waals surface area contributed by atoms with Crippen LogP contribution in [0.4, 0.5) is 5.25 Å². The molecule has 0 nitrogen and oxygen atoms in total. The van der Waals surface area contributed by atoms with Crippen molar-refractivity contribution in [2.45, 2.75) is 28.0 Å². The molecule has 2 unspecified atom stereocenters. The van der Waals surface area contributed by atoms with Gasteiger partial charge in [0.1, 0.15) is 0 Å². The molecule has 220 valence electrons. The van der Waals surface area contributed by atoms with Crippen LogP contribution in [0.5, 0.6) is 0 Å². The Kier molecular flexibility index (Phi) is 6.46. The SMILES string of the molecule is C[CH]=[Zr]([F])([F])([CH]1C(C)=Cc2c(-c3cccc4ccccc34)cccc21)[CH]1C(C)=Cc2c(-c3cccc4ccccc34)cccc21. The van der Waals surface area contributed by atoms with Gasteiger partial charge in [-0.3, -0.25) is 0 Å². The van der Waals surface area contributed by atoms with Gasteiger partial charge in [-0.2, -0.15) is 0 Å². The van der Waals surface area contributed by atoms with Crippen LogP contribution in [0.25, 0.3) is 56.0 Å². The van der Waals surface area contributed by atoms with Crippen molar-refractivity contribution in [3.63, 3.8) is 0 Å². The van der Waals surface area contributed by atoms with E-state index in [1.54, 1.807) is 6.92 Å². The quantitative estimate of drug-likeness (QED) is 0.175. The van der Waals surface area contributed by atoms with Gasteiger partial charge < -0.3 is 0 Å². The fourth-order valence-corrected chi connectivity index (χ4v) is 19.8. The summed E-state index contributed by atoms with van der Waals surface area (Å²) in [6.45, 7) is 5.48. The Morgan fingerprint density at radius 2 is 0.867 bits per heavy atom. The summed E-state index contributed by atoms with van der Waals surface area (Å²) in [5.74, 6) is 0. The molecule has 0 aliphatic heterocycles. The molecule has 0 saturated carbocycles. The molecule has 6 aromatic rings. The third-order valence-corrected chi connectivity index (χ3v) is 22.3. The van der Waals surface area contributed by atoms with Gasteiger partial charge in [-0.25, -0.2) is 0 Å². The third-order valence-electron chi connectivity index (χ3n) is 10.4. The zero-order valence-electron chi connectivity index (χ0n) is 25.7. The first-order valence-corrected chi connectivity index (χ1v) is 21.9. The van der Waals surface area contributed by atoms with Crippen molar-refractivity contribution >= 4 is 37.4 Å². The van der Waals surface area contributed by atoms with Crippen LogP contribution in [0.2, 0.25) is 0 Å². The minimum absolute atomic E-state index is 0.776. The van der Waals surface area contributed by atoms with Crippen molar-refractivity contribution in [1.82, 2.24) is 0 Å². The molecule has 2 aliphatic rings. The van der Waals surface area contributed by atoms with Crippen molar-refractivity contribution in [3.8, 4) is 22.3 Å². The molecule has 3 heteroatoms.